The Morgan fingerprint density at radius 1 is 1.19 bits per heavy atom. The number of carboxylic acids is 1. The molecule has 3 unspecified atom stereocenters. The quantitative estimate of drug-likeness (QED) is 0.719. The lowest BCUT2D eigenvalue weighted by Crippen LogP contribution is -2.57. The van der Waals surface area contributed by atoms with Crippen LogP contribution < -0.4 is 0 Å². The van der Waals surface area contributed by atoms with Crippen LogP contribution in [0.4, 0.5) is 4.79 Å². The number of aliphatic hydroxyl groups excluding tert-OH is 1. The summed E-state index contributed by atoms with van der Waals surface area (Å²) in [5, 5.41) is 18.0. The Labute approximate surface area is 123 Å². The smallest absolute Gasteiger partial charge is 0.320 e. The molecular weight excluding hydrogens is 280 g/mol. The lowest BCUT2D eigenvalue weighted by molar-refractivity contribution is -0.141. The van der Waals surface area contributed by atoms with Gasteiger partial charge in [-0.3, -0.25) is 4.79 Å². The lowest BCUT2D eigenvalue weighted by Gasteiger charge is -2.40. The summed E-state index contributed by atoms with van der Waals surface area (Å²) in [6.07, 6.45) is -1.07. The number of morpholine rings is 2. The minimum Gasteiger partial charge on any atom is -0.481 e. The van der Waals surface area contributed by atoms with Gasteiger partial charge in [0.1, 0.15) is 0 Å². The minimum atomic E-state index is -0.936. The maximum absolute atomic E-state index is 12.5. The Balaban J connectivity index is 1.93. The largest absolute Gasteiger partial charge is 0.481 e. The van der Waals surface area contributed by atoms with Gasteiger partial charge in [0.15, 0.2) is 0 Å². The van der Waals surface area contributed by atoms with E-state index in [-0.39, 0.29) is 37.8 Å². The summed E-state index contributed by atoms with van der Waals surface area (Å²) >= 11 is 0. The van der Waals surface area contributed by atoms with E-state index < -0.39 is 12.1 Å². The third kappa shape index (κ3) is 4.29. The summed E-state index contributed by atoms with van der Waals surface area (Å²) in [7, 11) is 0. The molecular formula is C13H22N2O6. The Bertz CT molecular complexity index is 391. The molecule has 8 nitrogen and oxygen atoms in total. The van der Waals surface area contributed by atoms with Gasteiger partial charge in [0, 0.05) is 19.6 Å². The molecule has 2 rings (SSSR count). The molecule has 0 spiro atoms. The molecule has 21 heavy (non-hydrogen) atoms. The maximum atomic E-state index is 12.5. The molecule has 0 saturated carbocycles. The van der Waals surface area contributed by atoms with Crippen LogP contribution in [0.1, 0.15) is 13.3 Å². The molecule has 2 aliphatic rings. The van der Waals surface area contributed by atoms with Gasteiger partial charge < -0.3 is 29.5 Å². The Morgan fingerprint density at radius 3 is 2.57 bits per heavy atom. The first kappa shape index (κ1) is 16.0. The van der Waals surface area contributed by atoms with E-state index in [1.54, 1.807) is 9.80 Å². The average Bonchev–Trinajstić information content (AvgIpc) is 2.45. The fraction of sp³-hybridized carbons (Fsp3) is 0.846. The van der Waals surface area contributed by atoms with Gasteiger partial charge in [-0.15, -0.1) is 0 Å². The van der Waals surface area contributed by atoms with Gasteiger partial charge in [-0.05, 0) is 6.92 Å². The van der Waals surface area contributed by atoms with E-state index in [4.69, 9.17) is 14.6 Å². The number of carbonyl (C=O) groups excluding carboxylic acids is 1. The summed E-state index contributed by atoms with van der Waals surface area (Å²) in [6.45, 7) is 3.61. The van der Waals surface area contributed by atoms with Crippen LogP contribution in [0.15, 0.2) is 0 Å². The predicted molar refractivity (Wildman–Crippen MR) is 72.0 cm³/mol. The zero-order chi connectivity index (χ0) is 15.4. The molecule has 0 aliphatic carbocycles. The number of aliphatic carboxylic acids is 1. The average molecular weight is 302 g/mol. The van der Waals surface area contributed by atoms with Gasteiger partial charge in [-0.2, -0.15) is 0 Å². The number of aliphatic hydroxyl groups is 1. The van der Waals surface area contributed by atoms with Crippen LogP contribution in [-0.4, -0.2) is 89.7 Å². The van der Waals surface area contributed by atoms with Crippen LogP contribution in [0, 0.1) is 0 Å². The van der Waals surface area contributed by atoms with Crippen molar-refractivity contribution < 1.29 is 29.3 Å². The third-order valence-corrected chi connectivity index (χ3v) is 3.61. The number of amides is 2. The SMILES string of the molecule is CC1CN(C(=O)N2CCOC(CC(=O)O)C2)CC(CO)O1. The molecule has 0 radical (unpaired) electrons. The molecule has 2 amide bonds. The first-order valence-corrected chi connectivity index (χ1v) is 7.13. The van der Waals surface area contributed by atoms with Crippen molar-refractivity contribution in [2.24, 2.45) is 0 Å². The fourth-order valence-electron chi connectivity index (χ4n) is 2.71. The molecule has 2 N–H and O–H groups in total. The summed E-state index contributed by atoms with van der Waals surface area (Å²) < 4.78 is 10.9. The van der Waals surface area contributed by atoms with Gasteiger partial charge in [0.25, 0.3) is 0 Å². The molecule has 0 aromatic carbocycles. The molecule has 2 saturated heterocycles. The summed E-state index contributed by atoms with van der Waals surface area (Å²) in [4.78, 5) is 26.5. The second-order valence-electron chi connectivity index (χ2n) is 5.48. The van der Waals surface area contributed by atoms with Crippen molar-refractivity contribution >= 4 is 12.0 Å². The first-order chi connectivity index (χ1) is 9.99. The number of hydrogen-bond acceptors (Lipinski definition) is 5. The molecule has 2 aliphatic heterocycles. The third-order valence-electron chi connectivity index (χ3n) is 3.61. The van der Waals surface area contributed by atoms with Gasteiger partial charge in [0.05, 0.1) is 44.5 Å². The maximum Gasteiger partial charge on any atom is 0.320 e. The lowest BCUT2D eigenvalue weighted by atomic mass is 10.2. The van der Waals surface area contributed by atoms with E-state index in [9.17, 15) is 14.7 Å². The van der Waals surface area contributed by atoms with E-state index in [0.717, 1.165) is 0 Å². The first-order valence-electron chi connectivity index (χ1n) is 7.13. The van der Waals surface area contributed by atoms with Crippen LogP contribution >= 0.6 is 0 Å². The van der Waals surface area contributed by atoms with E-state index >= 15 is 0 Å². The molecule has 0 bridgehead atoms. The van der Waals surface area contributed by atoms with Crippen LogP contribution in [-0.2, 0) is 14.3 Å². The summed E-state index contributed by atoms with van der Waals surface area (Å²) in [5.41, 5.74) is 0. The number of carboxylic acid groups (broad SMARTS) is 1. The van der Waals surface area contributed by atoms with E-state index in [1.807, 2.05) is 6.92 Å². The summed E-state index contributed by atoms with van der Waals surface area (Å²) in [5.74, 6) is -0.936. The van der Waals surface area contributed by atoms with Gasteiger partial charge in [0.2, 0.25) is 0 Å². The van der Waals surface area contributed by atoms with Crippen LogP contribution in [0.25, 0.3) is 0 Å². The number of ether oxygens (including phenoxy) is 2. The number of urea groups is 1. The van der Waals surface area contributed by atoms with Gasteiger partial charge in [-0.25, -0.2) is 4.79 Å². The van der Waals surface area contributed by atoms with Crippen molar-refractivity contribution in [2.75, 3.05) is 39.4 Å². The molecule has 2 heterocycles. The van der Waals surface area contributed by atoms with Crippen molar-refractivity contribution in [1.29, 1.82) is 0 Å². The zero-order valence-electron chi connectivity index (χ0n) is 12.1. The van der Waals surface area contributed by atoms with Crippen LogP contribution in [0.3, 0.4) is 0 Å². The highest BCUT2D eigenvalue weighted by molar-refractivity contribution is 5.75. The zero-order valence-corrected chi connectivity index (χ0v) is 12.1. The number of nitrogens with zero attached hydrogens (tertiary/aromatic N) is 2. The topological polar surface area (TPSA) is 99.5 Å². The Hall–Kier alpha value is -1.38. The number of rotatable bonds is 3. The van der Waals surface area contributed by atoms with Crippen LogP contribution in [0.2, 0.25) is 0 Å². The molecule has 2 fully saturated rings. The van der Waals surface area contributed by atoms with Crippen molar-refractivity contribution in [3.8, 4) is 0 Å². The highest BCUT2D eigenvalue weighted by atomic mass is 16.5. The normalized spacial score (nSPS) is 30.3. The Kier molecular flexibility index (Phi) is 5.38. The van der Waals surface area contributed by atoms with E-state index in [0.29, 0.717) is 26.2 Å². The van der Waals surface area contributed by atoms with Crippen molar-refractivity contribution in [2.45, 2.75) is 31.7 Å². The second kappa shape index (κ2) is 7.06. The number of carbonyl (C=O) groups is 2. The molecule has 0 aromatic rings. The summed E-state index contributed by atoms with van der Waals surface area (Å²) in [6, 6.07) is -0.151. The number of hydrogen-bond donors (Lipinski definition) is 2. The predicted octanol–water partition coefficient (Wildman–Crippen LogP) is -0.636. The molecule has 8 heteroatoms. The van der Waals surface area contributed by atoms with Crippen molar-refractivity contribution in [3.05, 3.63) is 0 Å². The van der Waals surface area contributed by atoms with Crippen LogP contribution in [0.5, 0.6) is 0 Å². The van der Waals surface area contributed by atoms with Gasteiger partial charge >= 0.3 is 12.0 Å². The highest BCUT2D eigenvalue weighted by Crippen LogP contribution is 2.16. The standard InChI is InChI=1S/C13H22N2O6/c1-9-5-15(7-11(8-16)21-9)13(19)14-2-3-20-10(6-14)4-12(17)18/h9-11,16H,2-8H2,1H3,(H,17,18). The molecule has 3 atom stereocenters. The molecule has 120 valence electrons. The highest BCUT2D eigenvalue weighted by Gasteiger charge is 2.33. The monoisotopic (exact) mass is 302 g/mol. The van der Waals surface area contributed by atoms with E-state index in [1.165, 1.54) is 0 Å². The second-order valence-corrected chi connectivity index (χ2v) is 5.48. The van der Waals surface area contributed by atoms with Crippen molar-refractivity contribution in [3.63, 3.8) is 0 Å². The van der Waals surface area contributed by atoms with Gasteiger partial charge in [-0.1, -0.05) is 0 Å². The minimum absolute atomic E-state index is 0.109. The molecule has 0 aromatic heterocycles. The van der Waals surface area contributed by atoms with Crippen molar-refractivity contribution in [1.82, 2.24) is 9.80 Å². The Morgan fingerprint density at radius 2 is 1.90 bits per heavy atom. The fourth-order valence-corrected chi connectivity index (χ4v) is 2.71. The van der Waals surface area contributed by atoms with E-state index in [2.05, 4.69) is 0 Å².